The molecule has 0 fully saturated rings. The van der Waals surface area contributed by atoms with Gasteiger partial charge in [-0.2, -0.15) is 13.2 Å². The first kappa shape index (κ1) is 61.4. The predicted molar refractivity (Wildman–Crippen MR) is 288 cm³/mol. The third-order valence-electron chi connectivity index (χ3n) is 15.3. The van der Waals surface area contributed by atoms with Crippen LogP contribution < -0.4 is 38.3 Å². The Balaban J connectivity index is 1.16. The summed E-state index contributed by atoms with van der Waals surface area (Å²) in [5.41, 5.74) is 8.66. The minimum atomic E-state index is -5.57. The second-order valence-electron chi connectivity index (χ2n) is 20.8. The van der Waals surface area contributed by atoms with Crippen LogP contribution in [0.2, 0.25) is 0 Å². The number of esters is 2. The van der Waals surface area contributed by atoms with E-state index in [-0.39, 0.29) is 84.4 Å². The number of nitrogens with one attached hydrogen (secondary N) is 4. The zero-order chi connectivity index (χ0) is 60.8. The van der Waals surface area contributed by atoms with E-state index in [4.69, 9.17) is 25.9 Å². The predicted octanol–water partition coefficient (Wildman–Crippen LogP) is 2.00. The molecule has 8 N–H and O–H groups in total. The quantitative estimate of drug-likeness (QED) is 0.0223. The van der Waals surface area contributed by atoms with E-state index < -0.39 is 139 Å². The Kier molecular flexibility index (Phi) is 18.9. The highest BCUT2D eigenvalue weighted by atomic mass is 19.4. The molecule has 2 aromatic heterocycles. The first-order valence-corrected chi connectivity index (χ1v) is 27.4. The largest absolute Gasteiger partial charge is 0.490 e. The van der Waals surface area contributed by atoms with E-state index in [0.29, 0.717) is 55.2 Å². The molecule has 0 spiro atoms. The van der Waals surface area contributed by atoms with Crippen molar-refractivity contribution in [3.8, 4) is 11.4 Å². The maximum absolute atomic E-state index is 16.1. The fraction of sp³-hybridized carbons (Fsp3) is 0.439. The minimum Gasteiger partial charge on any atom is -0.457 e. The number of hydrogen-bond donors (Lipinski definition) is 6. The summed E-state index contributed by atoms with van der Waals surface area (Å²) in [7, 11) is 0. The van der Waals surface area contributed by atoms with E-state index in [0.717, 1.165) is 28.0 Å². The molecule has 2 aromatic carbocycles. The number of pyridine rings is 2. The molecular weight excluding hydrogens is 1110 g/mol. The molecule has 0 unspecified atom stereocenters. The Morgan fingerprint density at radius 1 is 0.893 bits per heavy atom. The van der Waals surface area contributed by atoms with E-state index in [1.807, 2.05) is 0 Å². The van der Waals surface area contributed by atoms with Crippen LogP contribution in [0.25, 0.3) is 22.3 Å². The molecular formula is C57H62F4N10O13. The summed E-state index contributed by atoms with van der Waals surface area (Å²) in [4.78, 5) is 154. The molecule has 4 aliphatic rings. The standard InChI is InChI=1S/C57H62F4N10O13/c1-3-56(84-55(82)57(59,60)61)35-23-41-50-33(27-70(41)52(79)34(35)29-83-54(56)81)49-40(17-16-32-30(2)36(58)24-38(67-50)48(32)49)71(28-45(75)68-42(72)15-8-5-11-21-69-46(76)18-19-47(69)77)53(80)39(22-31-12-6-4-7-13-31)66-44(74)26-64-43(73)25-65-51(78)37(63)14-9-10-20-62/h4,6-7,12-13,18-19,23-24,37,39-40H,3,5,8-11,14-17,20-22,25-29,62-63H2,1-2H3,(H,64,73)(H,65,78)(H,66,74)(H,68,72,75)/t37-,39-,40-,56-/m0/s1. The van der Waals surface area contributed by atoms with Crippen molar-refractivity contribution in [1.29, 1.82) is 0 Å². The normalized spacial score (nSPS) is 17.4. The van der Waals surface area contributed by atoms with Crippen molar-refractivity contribution in [2.24, 2.45) is 11.5 Å². The molecule has 27 heteroatoms. The van der Waals surface area contributed by atoms with Crippen LogP contribution in [0.4, 0.5) is 17.6 Å². The molecule has 5 heterocycles. The maximum atomic E-state index is 16.1. The van der Waals surface area contributed by atoms with E-state index in [1.54, 1.807) is 30.3 Å². The summed E-state index contributed by atoms with van der Waals surface area (Å²) in [6.07, 6.45) is -1.76. The van der Waals surface area contributed by atoms with Crippen LogP contribution in [0.3, 0.4) is 0 Å². The van der Waals surface area contributed by atoms with Crippen molar-refractivity contribution in [3.63, 3.8) is 0 Å². The first-order chi connectivity index (χ1) is 40.0. The Morgan fingerprint density at radius 3 is 2.30 bits per heavy atom. The number of rotatable bonds is 24. The van der Waals surface area contributed by atoms with Gasteiger partial charge in [0.25, 0.3) is 17.4 Å². The summed E-state index contributed by atoms with van der Waals surface area (Å²) < 4.78 is 68.7. The number of nitrogens with two attached hydrogens (primary N) is 2. The fourth-order valence-corrected chi connectivity index (χ4v) is 11.0. The molecule has 23 nitrogen and oxygen atoms in total. The Bertz CT molecular complexity index is 3430. The summed E-state index contributed by atoms with van der Waals surface area (Å²) in [5.74, 6) is -10.6. The maximum Gasteiger partial charge on any atom is 0.490 e. The van der Waals surface area contributed by atoms with Crippen molar-refractivity contribution in [2.45, 2.75) is 128 Å². The van der Waals surface area contributed by atoms with Crippen molar-refractivity contribution >= 4 is 70.1 Å². The van der Waals surface area contributed by atoms with Crippen LogP contribution in [0, 0.1) is 12.7 Å². The fourth-order valence-electron chi connectivity index (χ4n) is 11.0. The van der Waals surface area contributed by atoms with Gasteiger partial charge in [-0.3, -0.25) is 53.4 Å². The lowest BCUT2D eigenvalue weighted by molar-refractivity contribution is -0.223. The SMILES string of the molecule is CC[C@@]1(OC(=O)C(F)(F)F)C(=O)OCc2c1cc1n(c2=O)Cc2c-1nc1cc(F)c(C)c3c1c2[C@@H](N(CC(=O)NC(=O)CCCCCN1C(=O)C=CC1=O)C(=O)[C@H](Cc1ccccc1)NC(=O)CNC(=O)CNC(=O)[C@@H](N)CCCCN)CC3. The number of carbonyl (C=O) groups is 10. The third-order valence-corrected chi connectivity index (χ3v) is 15.3. The van der Waals surface area contributed by atoms with Crippen LogP contribution in [-0.2, 0) is 89.0 Å². The van der Waals surface area contributed by atoms with Gasteiger partial charge in [-0.1, -0.05) is 50.1 Å². The topological polar surface area (TPSA) is 331 Å². The number of alkyl halides is 3. The number of halogens is 4. The molecule has 8 amide bonds. The van der Waals surface area contributed by atoms with Gasteiger partial charge in [-0.25, -0.2) is 19.0 Å². The van der Waals surface area contributed by atoms with Gasteiger partial charge in [-0.05, 0) is 86.7 Å². The summed E-state index contributed by atoms with van der Waals surface area (Å²) in [6, 6.07) is 7.05. The summed E-state index contributed by atoms with van der Waals surface area (Å²) in [6.45, 7) is 0.127. The average Bonchev–Trinajstić information content (AvgIpc) is 4.19. The summed E-state index contributed by atoms with van der Waals surface area (Å²) in [5, 5.41) is 10.1. The number of aromatic nitrogens is 2. The van der Waals surface area contributed by atoms with E-state index in [9.17, 15) is 61.1 Å². The average molecular weight is 1170 g/mol. The molecule has 0 bridgehead atoms. The van der Waals surface area contributed by atoms with Crippen molar-refractivity contribution in [3.05, 3.63) is 110 Å². The van der Waals surface area contributed by atoms with Crippen LogP contribution in [-0.4, -0.2) is 130 Å². The number of amides is 8. The molecule has 0 radical (unpaired) electrons. The smallest absolute Gasteiger partial charge is 0.457 e. The highest BCUT2D eigenvalue weighted by molar-refractivity contribution is 6.13. The molecule has 4 atom stereocenters. The first-order valence-electron chi connectivity index (χ1n) is 27.4. The van der Waals surface area contributed by atoms with E-state index >= 15 is 9.18 Å². The molecule has 0 saturated carbocycles. The highest BCUT2D eigenvalue weighted by Gasteiger charge is 2.55. The van der Waals surface area contributed by atoms with Crippen LogP contribution in [0.1, 0.15) is 110 Å². The number of cyclic esters (lactones) is 1. The third kappa shape index (κ3) is 13.0. The molecule has 1 aliphatic carbocycles. The van der Waals surface area contributed by atoms with Crippen molar-refractivity contribution in [1.82, 2.24) is 40.6 Å². The number of nitrogens with zero attached hydrogens (tertiary/aromatic N) is 4. The van der Waals surface area contributed by atoms with Crippen LogP contribution in [0.5, 0.6) is 0 Å². The number of hydrogen-bond acceptors (Lipinski definition) is 16. The Hall–Kier alpha value is -8.72. The van der Waals surface area contributed by atoms with Gasteiger partial charge in [0, 0.05) is 54.1 Å². The second-order valence-corrected chi connectivity index (χ2v) is 20.8. The number of carbonyl (C=O) groups excluding carboxylic acids is 10. The number of ether oxygens (including phenoxy) is 2. The zero-order valence-electron chi connectivity index (χ0n) is 45.9. The molecule has 0 saturated heterocycles. The zero-order valence-corrected chi connectivity index (χ0v) is 45.9. The highest BCUT2D eigenvalue weighted by Crippen LogP contribution is 2.48. The minimum absolute atomic E-state index is 0.00811. The lowest BCUT2D eigenvalue weighted by Gasteiger charge is -2.38. The van der Waals surface area contributed by atoms with Gasteiger partial charge in [-0.15, -0.1) is 0 Å². The lowest BCUT2D eigenvalue weighted by Crippen LogP contribution is -2.55. The number of imide groups is 2. The second kappa shape index (κ2) is 25.8. The molecule has 4 aromatic rings. The van der Waals surface area contributed by atoms with Crippen molar-refractivity contribution < 1.29 is 75.0 Å². The van der Waals surface area contributed by atoms with E-state index in [2.05, 4.69) is 21.3 Å². The van der Waals surface area contributed by atoms with E-state index in [1.165, 1.54) is 24.5 Å². The molecule has 8 rings (SSSR count). The Labute approximate surface area is 477 Å². The van der Waals surface area contributed by atoms with Crippen LogP contribution in [0.15, 0.2) is 59.4 Å². The summed E-state index contributed by atoms with van der Waals surface area (Å²) >= 11 is 0. The van der Waals surface area contributed by atoms with Gasteiger partial charge in [0.15, 0.2) is 0 Å². The van der Waals surface area contributed by atoms with Crippen molar-refractivity contribution in [2.75, 3.05) is 32.7 Å². The van der Waals surface area contributed by atoms with Gasteiger partial charge >= 0.3 is 18.1 Å². The van der Waals surface area contributed by atoms with Gasteiger partial charge in [0.05, 0.1) is 54.2 Å². The lowest BCUT2D eigenvalue weighted by atomic mass is 9.80. The number of benzene rings is 2. The molecule has 3 aliphatic heterocycles. The van der Waals surface area contributed by atoms with Gasteiger partial charge in [0.2, 0.25) is 41.0 Å². The number of aryl methyl sites for hydroxylation is 1. The van der Waals surface area contributed by atoms with Gasteiger partial charge in [0.1, 0.15) is 25.0 Å². The van der Waals surface area contributed by atoms with Gasteiger partial charge < -0.3 is 46.4 Å². The molecule has 446 valence electrons. The Morgan fingerprint density at radius 2 is 1.61 bits per heavy atom. The monoisotopic (exact) mass is 1170 g/mol. The van der Waals surface area contributed by atoms with Crippen LogP contribution >= 0.6 is 0 Å². The molecule has 84 heavy (non-hydrogen) atoms. The number of fused-ring (bicyclic) bond motifs is 5. The number of unbranched alkanes of at least 4 members (excludes halogenated alkanes) is 3.